The Morgan fingerprint density at radius 1 is 1.33 bits per heavy atom. The van der Waals surface area contributed by atoms with E-state index in [0.29, 0.717) is 19.5 Å². The summed E-state index contributed by atoms with van der Waals surface area (Å²) in [6, 6.07) is 9.46. The second-order valence-electron chi connectivity index (χ2n) is 5.04. The van der Waals surface area contributed by atoms with Crippen LogP contribution in [0.4, 0.5) is 4.79 Å². The van der Waals surface area contributed by atoms with Crippen molar-refractivity contribution in [1.82, 2.24) is 4.90 Å². The third kappa shape index (κ3) is 3.16. The van der Waals surface area contributed by atoms with Gasteiger partial charge in [-0.25, -0.2) is 4.79 Å². The first-order chi connectivity index (χ1) is 10.2. The molecule has 0 radical (unpaired) electrons. The highest BCUT2D eigenvalue weighted by molar-refractivity contribution is 5.89. The minimum Gasteiger partial charge on any atom is -0.445 e. The van der Waals surface area contributed by atoms with Crippen LogP contribution in [-0.4, -0.2) is 36.0 Å². The summed E-state index contributed by atoms with van der Waals surface area (Å²) in [5.74, 6) is -0.360. The number of likely N-dealkylation sites (tertiary alicyclic amines) is 1. The SMILES string of the molecule is O=C1C=C2CN(C(=O)OCc3ccccc3)CCC2N=N1. The van der Waals surface area contributed by atoms with Gasteiger partial charge in [-0.05, 0) is 17.6 Å². The van der Waals surface area contributed by atoms with Gasteiger partial charge in [-0.2, -0.15) is 5.11 Å². The van der Waals surface area contributed by atoms with Crippen LogP contribution in [0.2, 0.25) is 0 Å². The van der Waals surface area contributed by atoms with E-state index in [0.717, 1.165) is 11.1 Å². The number of rotatable bonds is 2. The van der Waals surface area contributed by atoms with E-state index in [9.17, 15) is 9.59 Å². The van der Waals surface area contributed by atoms with Crippen LogP contribution in [0.5, 0.6) is 0 Å². The summed E-state index contributed by atoms with van der Waals surface area (Å²) < 4.78 is 5.29. The molecule has 0 N–H and O–H groups in total. The summed E-state index contributed by atoms with van der Waals surface area (Å²) in [4.78, 5) is 24.9. The van der Waals surface area contributed by atoms with Gasteiger partial charge >= 0.3 is 6.09 Å². The Kier molecular flexibility index (Phi) is 3.77. The average molecular weight is 285 g/mol. The summed E-state index contributed by atoms with van der Waals surface area (Å²) in [5.41, 5.74) is 1.78. The first-order valence-electron chi connectivity index (χ1n) is 6.83. The quantitative estimate of drug-likeness (QED) is 0.837. The molecule has 2 amide bonds. The predicted molar refractivity (Wildman–Crippen MR) is 74.6 cm³/mol. The van der Waals surface area contributed by atoms with E-state index >= 15 is 0 Å². The standard InChI is InChI=1S/C15H15N3O3/c19-14-8-12-9-18(7-6-13(12)16-17-14)15(20)21-10-11-4-2-1-3-5-11/h1-5,8,13H,6-7,9-10H2. The topological polar surface area (TPSA) is 71.3 Å². The molecule has 3 rings (SSSR count). The Balaban J connectivity index is 1.57. The van der Waals surface area contributed by atoms with E-state index < -0.39 is 0 Å². The van der Waals surface area contributed by atoms with Crippen LogP contribution in [-0.2, 0) is 16.1 Å². The largest absolute Gasteiger partial charge is 0.445 e. The number of hydrogen-bond acceptors (Lipinski definition) is 4. The Hall–Kier alpha value is -2.50. The van der Waals surface area contributed by atoms with Gasteiger partial charge in [0, 0.05) is 19.2 Å². The van der Waals surface area contributed by atoms with Crippen LogP contribution >= 0.6 is 0 Å². The maximum atomic E-state index is 12.1. The van der Waals surface area contributed by atoms with Gasteiger partial charge in [-0.15, -0.1) is 5.11 Å². The molecular weight excluding hydrogens is 270 g/mol. The van der Waals surface area contributed by atoms with Gasteiger partial charge in [-0.3, -0.25) is 4.79 Å². The first kappa shape index (κ1) is 13.5. The summed E-state index contributed by atoms with van der Waals surface area (Å²) in [6.07, 6.45) is 1.77. The summed E-state index contributed by atoms with van der Waals surface area (Å²) in [5, 5.41) is 7.48. The smallest absolute Gasteiger partial charge is 0.410 e. The van der Waals surface area contributed by atoms with E-state index in [2.05, 4.69) is 10.2 Å². The lowest BCUT2D eigenvalue weighted by Gasteiger charge is -2.32. The number of benzene rings is 1. The maximum absolute atomic E-state index is 12.1. The van der Waals surface area contributed by atoms with E-state index in [1.807, 2.05) is 30.3 Å². The zero-order valence-corrected chi connectivity index (χ0v) is 11.4. The molecule has 1 unspecified atom stereocenters. The molecule has 1 saturated heterocycles. The average Bonchev–Trinajstić information content (AvgIpc) is 2.53. The molecule has 1 atom stereocenters. The first-order valence-corrected chi connectivity index (χ1v) is 6.83. The van der Waals surface area contributed by atoms with Crippen LogP contribution in [0.15, 0.2) is 52.2 Å². The van der Waals surface area contributed by atoms with Crippen LogP contribution in [0, 0.1) is 0 Å². The van der Waals surface area contributed by atoms with Gasteiger partial charge < -0.3 is 9.64 Å². The third-order valence-corrected chi connectivity index (χ3v) is 3.54. The van der Waals surface area contributed by atoms with Gasteiger partial charge in [0.15, 0.2) is 0 Å². The molecule has 6 nitrogen and oxygen atoms in total. The summed E-state index contributed by atoms with van der Waals surface area (Å²) >= 11 is 0. The number of hydrogen-bond donors (Lipinski definition) is 0. The van der Waals surface area contributed by atoms with E-state index in [1.54, 1.807) is 4.90 Å². The number of ether oxygens (including phenoxy) is 1. The van der Waals surface area contributed by atoms with Crippen molar-refractivity contribution in [2.24, 2.45) is 10.2 Å². The zero-order chi connectivity index (χ0) is 14.7. The number of amides is 2. The van der Waals surface area contributed by atoms with Crippen molar-refractivity contribution in [1.29, 1.82) is 0 Å². The molecule has 0 saturated carbocycles. The molecule has 0 aliphatic carbocycles. The minimum atomic E-state index is -0.367. The fourth-order valence-corrected chi connectivity index (χ4v) is 2.42. The van der Waals surface area contributed by atoms with Crippen LogP contribution in [0.1, 0.15) is 12.0 Å². The molecular formula is C15H15N3O3. The lowest BCUT2D eigenvalue weighted by Crippen LogP contribution is -2.42. The zero-order valence-electron chi connectivity index (χ0n) is 11.4. The molecule has 108 valence electrons. The number of carbonyl (C=O) groups excluding carboxylic acids is 2. The van der Waals surface area contributed by atoms with Crippen molar-refractivity contribution in [3.63, 3.8) is 0 Å². The fraction of sp³-hybridized carbons (Fsp3) is 0.333. The highest BCUT2D eigenvalue weighted by Gasteiger charge is 2.30. The summed E-state index contributed by atoms with van der Waals surface area (Å²) in [6.45, 7) is 1.18. The van der Waals surface area contributed by atoms with Crippen molar-refractivity contribution in [2.75, 3.05) is 13.1 Å². The van der Waals surface area contributed by atoms with Gasteiger partial charge in [0.25, 0.3) is 5.91 Å². The Morgan fingerprint density at radius 3 is 2.95 bits per heavy atom. The Morgan fingerprint density at radius 2 is 2.14 bits per heavy atom. The number of fused-ring (bicyclic) bond motifs is 1. The van der Waals surface area contributed by atoms with Crippen molar-refractivity contribution in [3.05, 3.63) is 47.5 Å². The molecule has 6 heteroatoms. The lowest BCUT2D eigenvalue weighted by molar-refractivity contribution is -0.114. The van der Waals surface area contributed by atoms with Crippen LogP contribution in [0.25, 0.3) is 0 Å². The van der Waals surface area contributed by atoms with E-state index in [4.69, 9.17) is 4.74 Å². The van der Waals surface area contributed by atoms with Gasteiger partial charge in [-0.1, -0.05) is 30.3 Å². The van der Waals surface area contributed by atoms with Crippen LogP contribution < -0.4 is 0 Å². The molecule has 0 bridgehead atoms. The third-order valence-electron chi connectivity index (χ3n) is 3.54. The molecule has 2 aliphatic rings. The number of azo groups is 1. The molecule has 2 heterocycles. The molecule has 0 spiro atoms. The van der Waals surface area contributed by atoms with Crippen LogP contribution in [0.3, 0.4) is 0 Å². The summed E-state index contributed by atoms with van der Waals surface area (Å²) in [7, 11) is 0. The van der Waals surface area contributed by atoms with Crippen molar-refractivity contribution in [2.45, 2.75) is 19.1 Å². The van der Waals surface area contributed by atoms with Gasteiger partial charge in [0.05, 0.1) is 6.04 Å². The fourth-order valence-electron chi connectivity index (χ4n) is 2.42. The van der Waals surface area contributed by atoms with Gasteiger partial charge in [0.1, 0.15) is 6.61 Å². The predicted octanol–water partition coefficient (Wildman–Crippen LogP) is 2.32. The second kappa shape index (κ2) is 5.87. The second-order valence-corrected chi connectivity index (χ2v) is 5.04. The van der Waals surface area contributed by atoms with Crippen molar-refractivity contribution < 1.29 is 14.3 Å². The number of nitrogens with zero attached hydrogens (tertiary/aromatic N) is 3. The van der Waals surface area contributed by atoms with E-state index in [-0.39, 0.29) is 24.6 Å². The minimum absolute atomic E-state index is 0.0686. The highest BCUT2D eigenvalue weighted by Crippen LogP contribution is 2.23. The molecule has 1 aromatic carbocycles. The molecule has 0 aromatic heterocycles. The maximum Gasteiger partial charge on any atom is 0.410 e. The monoisotopic (exact) mass is 285 g/mol. The normalized spacial score (nSPS) is 20.8. The molecule has 21 heavy (non-hydrogen) atoms. The molecule has 1 fully saturated rings. The van der Waals surface area contributed by atoms with Crippen molar-refractivity contribution in [3.8, 4) is 0 Å². The van der Waals surface area contributed by atoms with Gasteiger partial charge in [0.2, 0.25) is 0 Å². The molecule has 1 aromatic rings. The molecule has 2 aliphatic heterocycles. The Bertz CT molecular complexity index is 610. The lowest BCUT2D eigenvalue weighted by atomic mass is 9.98. The number of carbonyl (C=O) groups is 2. The van der Waals surface area contributed by atoms with Crippen molar-refractivity contribution >= 4 is 12.0 Å². The van der Waals surface area contributed by atoms with E-state index in [1.165, 1.54) is 6.08 Å². The highest BCUT2D eigenvalue weighted by atomic mass is 16.6. The number of piperidine rings is 1. The Labute approximate surface area is 122 Å².